The van der Waals surface area contributed by atoms with Gasteiger partial charge in [0, 0.05) is 44.7 Å². The maximum absolute atomic E-state index is 13.0. The molecule has 0 radical (unpaired) electrons. The van der Waals surface area contributed by atoms with Gasteiger partial charge >= 0.3 is 0 Å². The molecule has 6 heteroatoms. The molecule has 0 spiro atoms. The average molecular weight is 368 g/mol. The summed E-state index contributed by atoms with van der Waals surface area (Å²) >= 11 is 0. The lowest BCUT2D eigenvalue weighted by Gasteiger charge is -2.34. The van der Waals surface area contributed by atoms with Crippen LogP contribution < -0.4 is 0 Å². The predicted molar refractivity (Wildman–Crippen MR) is 104 cm³/mol. The minimum absolute atomic E-state index is 0.0378. The minimum atomic E-state index is -0.0378. The fourth-order valence-corrected chi connectivity index (χ4v) is 4.06. The zero-order valence-corrected chi connectivity index (χ0v) is 16.4. The maximum atomic E-state index is 13.0. The van der Waals surface area contributed by atoms with Crippen LogP contribution in [-0.4, -0.2) is 58.2 Å². The monoisotopic (exact) mass is 368 g/mol. The van der Waals surface area contributed by atoms with Crippen molar-refractivity contribution in [2.45, 2.75) is 45.9 Å². The molecule has 4 rings (SSSR count). The topological polar surface area (TPSA) is 61.5 Å². The first-order valence-electron chi connectivity index (χ1n) is 9.81. The molecule has 1 N–H and O–H groups in total. The lowest BCUT2D eigenvalue weighted by Crippen LogP contribution is -2.48. The van der Waals surface area contributed by atoms with Gasteiger partial charge in [0.2, 0.25) is 0 Å². The Kier molecular flexibility index (Phi) is 5.02. The third-order valence-electron chi connectivity index (χ3n) is 5.62. The molecule has 1 aromatic heterocycles. The second kappa shape index (κ2) is 7.44. The number of benzene rings is 1. The summed E-state index contributed by atoms with van der Waals surface area (Å²) in [5, 5.41) is 7.37. The number of carbonyl (C=O) groups excluding carboxylic acids is 1. The highest BCUT2D eigenvalue weighted by atomic mass is 16.5. The average Bonchev–Trinajstić information content (AvgIpc) is 3.08. The van der Waals surface area contributed by atoms with E-state index < -0.39 is 0 Å². The SMILES string of the molecule is Cc1ccc(CN2CCN(C(=O)c3n[nH]c4c3C[C@@H](C)O[C@H]4C)CC2)cc1. The van der Waals surface area contributed by atoms with Crippen molar-refractivity contribution in [3.05, 3.63) is 52.3 Å². The van der Waals surface area contributed by atoms with Crippen molar-refractivity contribution in [2.75, 3.05) is 26.2 Å². The Bertz CT molecular complexity index is 806. The summed E-state index contributed by atoms with van der Waals surface area (Å²) in [5.41, 5.74) is 5.18. The van der Waals surface area contributed by atoms with E-state index in [9.17, 15) is 4.79 Å². The summed E-state index contributed by atoms with van der Waals surface area (Å²) in [6.45, 7) is 10.4. The van der Waals surface area contributed by atoms with E-state index in [1.165, 1.54) is 11.1 Å². The molecule has 2 aromatic rings. The van der Waals surface area contributed by atoms with Crippen LogP contribution in [0.2, 0.25) is 0 Å². The normalized spacial score (nSPS) is 23.3. The smallest absolute Gasteiger partial charge is 0.274 e. The number of aromatic amines is 1. The molecule has 144 valence electrons. The molecule has 1 saturated heterocycles. The first-order valence-corrected chi connectivity index (χ1v) is 9.81. The molecule has 1 fully saturated rings. The fraction of sp³-hybridized carbons (Fsp3) is 0.524. The lowest BCUT2D eigenvalue weighted by atomic mass is 9.99. The van der Waals surface area contributed by atoms with Gasteiger partial charge in [-0.25, -0.2) is 0 Å². The summed E-state index contributed by atoms with van der Waals surface area (Å²) < 4.78 is 5.83. The predicted octanol–water partition coefficient (Wildman–Crippen LogP) is 2.70. The van der Waals surface area contributed by atoms with Crippen LogP contribution in [0.5, 0.6) is 0 Å². The Labute approximate surface area is 160 Å². The highest BCUT2D eigenvalue weighted by Gasteiger charge is 2.32. The van der Waals surface area contributed by atoms with Crippen LogP contribution in [0.4, 0.5) is 0 Å². The van der Waals surface area contributed by atoms with Crippen molar-refractivity contribution in [1.29, 1.82) is 0 Å². The Hall–Kier alpha value is -2.18. The van der Waals surface area contributed by atoms with Gasteiger partial charge in [-0.2, -0.15) is 5.10 Å². The molecule has 0 aliphatic carbocycles. The van der Waals surface area contributed by atoms with Gasteiger partial charge in [0.1, 0.15) is 0 Å². The fourth-order valence-electron chi connectivity index (χ4n) is 4.06. The van der Waals surface area contributed by atoms with Crippen molar-refractivity contribution in [3.8, 4) is 0 Å². The summed E-state index contributed by atoms with van der Waals surface area (Å²) in [5.74, 6) is 0.0452. The zero-order chi connectivity index (χ0) is 19.0. The summed E-state index contributed by atoms with van der Waals surface area (Å²) in [6.07, 6.45) is 0.817. The molecule has 3 heterocycles. The number of nitrogens with one attached hydrogen (secondary N) is 1. The van der Waals surface area contributed by atoms with Crippen molar-refractivity contribution in [1.82, 2.24) is 20.0 Å². The number of amides is 1. The van der Waals surface area contributed by atoms with Crippen molar-refractivity contribution in [2.24, 2.45) is 0 Å². The summed E-state index contributed by atoms with van der Waals surface area (Å²) in [7, 11) is 0. The quantitative estimate of drug-likeness (QED) is 0.905. The van der Waals surface area contributed by atoms with E-state index >= 15 is 0 Å². The molecule has 0 unspecified atom stereocenters. The second-order valence-corrected chi connectivity index (χ2v) is 7.81. The first kappa shape index (κ1) is 18.2. The van der Waals surface area contributed by atoms with Gasteiger partial charge in [-0.1, -0.05) is 29.8 Å². The molecule has 2 aliphatic rings. The van der Waals surface area contributed by atoms with E-state index in [1.54, 1.807) is 0 Å². The molecule has 27 heavy (non-hydrogen) atoms. The Balaban J connectivity index is 1.39. The molecule has 2 atom stereocenters. The largest absolute Gasteiger partial charge is 0.369 e. The summed E-state index contributed by atoms with van der Waals surface area (Å²) in [6, 6.07) is 8.68. The van der Waals surface area contributed by atoms with E-state index in [0.29, 0.717) is 5.69 Å². The van der Waals surface area contributed by atoms with E-state index in [1.807, 2.05) is 18.7 Å². The van der Waals surface area contributed by atoms with E-state index in [2.05, 4.69) is 46.3 Å². The van der Waals surface area contributed by atoms with Gasteiger partial charge in [-0.15, -0.1) is 0 Å². The van der Waals surface area contributed by atoms with Crippen LogP contribution in [0.1, 0.15) is 52.8 Å². The number of hydrogen-bond donors (Lipinski definition) is 1. The molecule has 1 aromatic carbocycles. The van der Waals surface area contributed by atoms with E-state index in [-0.39, 0.29) is 18.1 Å². The number of piperazine rings is 1. The Morgan fingerprint density at radius 3 is 2.59 bits per heavy atom. The molecule has 0 saturated carbocycles. The number of nitrogens with zero attached hydrogens (tertiary/aromatic N) is 3. The molecular formula is C21H28N4O2. The van der Waals surface area contributed by atoms with Gasteiger partial charge in [-0.3, -0.25) is 14.8 Å². The number of fused-ring (bicyclic) bond motifs is 1. The Morgan fingerprint density at radius 1 is 1.19 bits per heavy atom. The number of carbonyl (C=O) groups is 1. The third-order valence-corrected chi connectivity index (χ3v) is 5.62. The van der Waals surface area contributed by atoms with Crippen LogP contribution in [0, 0.1) is 6.92 Å². The minimum Gasteiger partial charge on any atom is -0.369 e. The van der Waals surface area contributed by atoms with Crippen LogP contribution in [0.25, 0.3) is 0 Å². The second-order valence-electron chi connectivity index (χ2n) is 7.81. The number of ether oxygens (including phenoxy) is 1. The molecule has 0 bridgehead atoms. The number of rotatable bonds is 3. The highest BCUT2D eigenvalue weighted by molar-refractivity contribution is 5.94. The molecule has 1 amide bonds. The van der Waals surface area contributed by atoms with E-state index in [4.69, 9.17) is 4.74 Å². The van der Waals surface area contributed by atoms with Crippen molar-refractivity contribution in [3.63, 3.8) is 0 Å². The van der Waals surface area contributed by atoms with Crippen molar-refractivity contribution < 1.29 is 9.53 Å². The van der Waals surface area contributed by atoms with Crippen LogP contribution >= 0.6 is 0 Å². The maximum Gasteiger partial charge on any atom is 0.274 e. The van der Waals surface area contributed by atoms with Crippen molar-refractivity contribution >= 4 is 5.91 Å². The van der Waals surface area contributed by atoms with E-state index in [0.717, 1.165) is 50.4 Å². The van der Waals surface area contributed by atoms with Crippen LogP contribution in [0.15, 0.2) is 24.3 Å². The molecule has 6 nitrogen and oxygen atoms in total. The lowest BCUT2D eigenvalue weighted by molar-refractivity contribution is -0.00704. The van der Waals surface area contributed by atoms with Gasteiger partial charge < -0.3 is 9.64 Å². The Morgan fingerprint density at radius 2 is 1.89 bits per heavy atom. The number of aryl methyl sites for hydroxylation is 1. The number of hydrogen-bond acceptors (Lipinski definition) is 4. The van der Waals surface area contributed by atoms with Gasteiger partial charge in [0.15, 0.2) is 5.69 Å². The number of H-pyrrole nitrogens is 1. The van der Waals surface area contributed by atoms with Gasteiger partial charge in [0.05, 0.1) is 17.9 Å². The highest BCUT2D eigenvalue weighted by Crippen LogP contribution is 2.30. The van der Waals surface area contributed by atoms with Crippen LogP contribution in [-0.2, 0) is 17.7 Å². The first-order chi connectivity index (χ1) is 13.0. The van der Waals surface area contributed by atoms with Gasteiger partial charge in [-0.05, 0) is 26.3 Å². The standard InChI is InChI=1S/C21H28N4O2/c1-14-4-6-17(7-5-14)13-24-8-10-25(11-9-24)21(26)20-18-12-15(2)27-16(3)19(18)22-23-20/h4-7,15-16H,8-13H2,1-3H3,(H,22,23)/t15-,16+/m1/s1. The van der Waals surface area contributed by atoms with Crippen LogP contribution in [0.3, 0.4) is 0 Å². The molecule has 2 aliphatic heterocycles. The van der Waals surface area contributed by atoms with Gasteiger partial charge in [0.25, 0.3) is 5.91 Å². The zero-order valence-electron chi connectivity index (χ0n) is 16.4. The molecular weight excluding hydrogens is 340 g/mol. The number of aromatic nitrogens is 2. The third kappa shape index (κ3) is 3.77. The summed E-state index contributed by atoms with van der Waals surface area (Å²) in [4.78, 5) is 17.4.